The molecule has 10 heavy (non-hydrogen) atoms. The van der Waals surface area contributed by atoms with Gasteiger partial charge in [-0.25, -0.2) is 0 Å². The normalized spacial score (nSPS) is 39.6. The largest absolute Gasteiger partial charge is 0.327 e. The van der Waals surface area contributed by atoms with Crippen molar-refractivity contribution >= 4 is 0 Å². The van der Waals surface area contributed by atoms with Crippen LogP contribution >= 0.6 is 0 Å². The third-order valence-electron chi connectivity index (χ3n) is 2.80. The minimum Gasteiger partial charge on any atom is -0.327 e. The van der Waals surface area contributed by atoms with Crippen molar-refractivity contribution in [3.63, 3.8) is 0 Å². The summed E-state index contributed by atoms with van der Waals surface area (Å²) >= 11 is 0. The monoisotopic (exact) mass is 141 g/mol. The first-order chi connectivity index (χ1) is 4.51. The first-order valence-corrected chi connectivity index (χ1v) is 4.27. The van der Waals surface area contributed by atoms with Gasteiger partial charge in [-0.2, -0.15) is 0 Å². The van der Waals surface area contributed by atoms with Gasteiger partial charge in [-0.15, -0.1) is 0 Å². The molecule has 0 aromatic heterocycles. The topological polar surface area (TPSA) is 26.0 Å². The second-order valence-corrected chi connectivity index (χ2v) is 4.55. The van der Waals surface area contributed by atoms with Gasteiger partial charge >= 0.3 is 0 Å². The third kappa shape index (κ3) is 1.72. The Labute approximate surface area is 64.0 Å². The molecule has 1 heteroatoms. The van der Waals surface area contributed by atoms with E-state index in [0.29, 0.717) is 11.5 Å². The van der Waals surface area contributed by atoms with Crippen molar-refractivity contribution in [2.75, 3.05) is 0 Å². The molecule has 0 aromatic rings. The molecule has 2 N–H and O–H groups in total. The summed E-state index contributed by atoms with van der Waals surface area (Å²) in [6, 6.07) is 0.448. The molecular weight excluding hydrogens is 122 g/mol. The molecule has 1 rings (SSSR count). The molecule has 0 amide bonds. The number of hydrogen-bond acceptors (Lipinski definition) is 1. The van der Waals surface area contributed by atoms with Gasteiger partial charge in [-0.1, -0.05) is 20.8 Å². The lowest BCUT2D eigenvalue weighted by Crippen LogP contribution is -2.38. The second kappa shape index (κ2) is 2.54. The fourth-order valence-corrected chi connectivity index (χ4v) is 1.77. The average Bonchev–Trinajstić information content (AvgIpc) is 1.79. The Morgan fingerprint density at radius 2 is 2.00 bits per heavy atom. The highest BCUT2D eigenvalue weighted by Gasteiger charge is 2.29. The zero-order chi connectivity index (χ0) is 7.78. The van der Waals surface area contributed by atoms with Crippen LogP contribution in [0.25, 0.3) is 0 Å². The summed E-state index contributed by atoms with van der Waals surface area (Å²) in [5.74, 6) is 0.744. The first-order valence-electron chi connectivity index (χ1n) is 4.27. The highest BCUT2D eigenvalue weighted by Crippen LogP contribution is 2.36. The summed E-state index contributed by atoms with van der Waals surface area (Å²) in [5.41, 5.74) is 6.46. The van der Waals surface area contributed by atoms with Crippen molar-refractivity contribution < 1.29 is 0 Å². The van der Waals surface area contributed by atoms with Gasteiger partial charge in [0, 0.05) is 6.04 Å². The van der Waals surface area contributed by atoms with Crippen LogP contribution < -0.4 is 5.73 Å². The number of nitrogens with two attached hydrogens (primary N) is 1. The van der Waals surface area contributed by atoms with Crippen LogP contribution in [0.5, 0.6) is 0 Å². The molecule has 2 atom stereocenters. The fourth-order valence-electron chi connectivity index (χ4n) is 1.77. The van der Waals surface area contributed by atoms with Gasteiger partial charge in [0.05, 0.1) is 0 Å². The fraction of sp³-hybridized carbons (Fsp3) is 1.00. The highest BCUT2D eigenvalue weighted by molar-refractivity contribution is 4.84. The zero-order valence-electron chi connectivity index (χ0n) is 7.35. The van der Waals surface area contributed by atoms with E-state index in [1.54, 1.807) is 0 Å². The number of hydrogen-bond donors (Lipinski definition) is 1. The molecule has 0 bridgehead atoms. The van der Waals surface area contributed by atoms with E-state index in [4.69, 9.17) is 5.73 Å². The predicted molar refractivity (Wildman–Crippen MR) is 44.8 cm³/mol. The molecule has 1 fully saturated rings. The Balaban J connectivity index is 2.49. The van der Waals surface area contributed by atoms with Crippen molar-refractivity contribution in [2.24, 2.45) is 17.1 Å². The summed E-state index contributed by atoms with van der Waals surface area (Å²) in [7, 11) is 0. The molecule has 0 spiro atoms. The van der Waals surface area contributed by atoms with Gasteiger partial charge in [0.1, 0.15) is 0 Å². The summed E-state index contributed by atoms with van der Waals surface area (Å²) < 4.78 is 0. The molecule has 0 heterocycles. The van der Waals surface area contributed by atoms with Crippen molar-refractivity contribution in [3.8, 4) is 0 Å². The second-order valence-electron chi connectivity index (χ2n) is 4.55. The predicted octanol–water partition coefficient (Wildman–Crippen LogP) is 2.16. The summed E-state index contributed by atoms with van der Waals surface area (Å²) in [5, 5.41) is 0. The Morgan fingerprint density at radius 3 is 2.40 bits per heavy atom. The molecule has 0 radical (unpaired) electrons. The van der Waals surface area contributed by atoms with Crippen molar-refractivity contribution in [1.29, 1.82) is 0 Å². The maximum Gasteiger partial charge on any atom is 0.00696 e. The number of rotatable bonds is 0. The van der Waals surface area contributed by atoms with Gasteiger partial charge in [-0.3, -0.25) is 0 Å². The highest BCUT2D eigenvalue weighted by atomic mass is 14.7. The SMILES string of the molecule is C[C@H]1CCC(C)(C)C[C@H]1N. The van der Waals surface area contributed by atoms with Crippen LogP contribution in [0.2, 0.25) is 0 Å². The van der Waals surface area contributed by atoms with Crippen LogP contribution in [0.15, 0.2) is 0 Å². The van der Waals surface area contributed by atoms with Gasteiger partial charge in [0.15, 0.2) is 0 Å². The van der Waals surface area contributed by atoms with E-state index in [1.807, 2.05) is 0 Å². The maximum atomic E-state index is 5.95. The molecule has 0 aromatic carbocycles. The molecule has 1 nitrogen and oxygen atoms in total. The molecular formula is C9H19N. The quantitative estimate of drug-likeness (QED) is 0.549. The summed E-state index contributed by atoms with van der Waals surface area (Å²) in [6.45, 7) is 6.90. The van der Waals surface area contributed by atoms with Crippen molar-refractivity contribution in [2.45, 2.75) is 46.1 Å². The smallest absolute Gasteiger partial charge is 0.00696 e. The van der Waals surface area contributed by atoms with Crippen LogP contribution in [-0.2, 0) is 0 Å². The maximum absolute atomic E-state index is 5.95. The lowest BCUT2D eigenvalue weighted by Gasteiger charge is -2.37. The minimum atomic E-state index is 0.448. The van der Waals surface area contributed by atoms with E-state index < -0.39 is 0 Å². The van der Waals surface area contributed by atoms with E-state index in [9.17, 15) is 0 Å². The standard InChI is InChI=1S/C9H19N/c1-7-4-5-9(2,3)6-8(7)10/h7-8H,4-6,10H2,1-3H3/t7-,8+/m0/s1. The molecule has 0 saturated heterocycles. The Hall–Kier alpha value is -0.0400. The van der Waals surface area contributed by atoms with E-state index in [-0.39, 0.29) is 0 Å². The van der Waals surface area contributed by atoms with Crippen molar-refractivity contribution in [3.05, 3.63) is 0 Å². The van der Waals surface area contributed by atoms with Crippen LogP contribution in [0.3, 0.4) is 0 Å². The zero-order valence-corrected chi connectivity index (χ0v) is 7.35. The third-order valence-corrected chi connectivity index (χ3v) is 2.80. The lowest BCUT2D eigenvalue weighted by atomic mass is 9.71. The molecule has 0 unspecified atom stereocenters. The first kappa shape index (κ1) is 8.06. The molecule has 1 aliphatic carbocycles. The average molecular weight is 141 g/mol. The molecule has 60 valence electrons. The summed E-state index contributed by atoms with van der Waals surface area (Å²) in [6.07, 6.45) is 3.87. The van der Waals surface area contributed by atoms with Crippen LogP contribution in [0, 0.1) is 11.3 Å². The van der Waals surface area contributed by atoms with Gasteiger partial charge in [0.2, 0.25) is 0 Å². The van der Waals surface area contributed by atoms with E-state index in [2.05, 4.69) is 20.8 Å². The molecule has 1 saturated carbocycles. The Bertz CT molecular complexity index is 118. The van der Waals surface area contributed by atoms with Gasteiger partial charge in [-0.05, 0) is 30.6 Å². The van der Waals surface area contributed by atoms with Crippen LogP contribution in [0.4, 0.5) is 0 Å². The Morgan fingerprint density at radius 1 is 1.40 bits per heavy atom. The summed E-state index contributed by atoms with van der Waals surface area (Å²) in [4.78, 5) is 0. The lowest BCUT2D eigenvalue weighted by molar-refractivity contribution is 0.174. The van der Waals surface area contributed by atoms with E-state index in [0.717, 1.165) is 5.92 Å². The van der Waals surface area contributed by atoms with Crippen LogP contribution in [0.1, 0.15) is 40.0 Å². The van der Waals surface area contributed by atoms with Crippen LogP contribution in [-0.4, -0.2) is 6.04 Å². The van der Waals surface area contributed by atoms with Gasteiger partial charge in [0.25, 0.3) is 0 Å². The van der Waals surface area contributed by atoms with Crippen molar-refractivity contribution in [1.82, 2.24) is 0 Å². The van der Waals surface area contributed by atoms with E-state index >= 15 is 0 Å². The van der Waals surface area contributed by atoms with E-state index in [1.165, 1.54) is 19.3 Å². The van der Waals surface area contributed by atoms with Gasteiger partial charge < -0.3 is 5.73 Å². The molecule has 0 aliphatic heterocycles. The minimum absolute atomic E-state index is 0.448. The Kier molecular flexibility index (Phi) is 2.04. The molecule has 1 aliphatic rings.